The van der Waals surface area contributed by atoms with E-state index in [0.29, 0.717) is 11.8 Å². The summed E-state index contributed by atoms with van der Waals surface area (Å²) in [5.41, 5.74) is 6.21. The standard InChI is InChI=1S/C13H16N4O3/c1-8(14)12(18)15-7-11-16-17-13(20-11)9-3-5-10(19-2)6-4-9/h3-6,8H,7,14H2,1-2H3,(H,15,18)/t8-/m1/s1. The van der Waals surface area contributed by atoms with Crippen molar-refractivity contribution in [2.24, 2.45) is 5.73 Å². The molecule has 0 saturated carbocycles. The van der Waals surface area contributed by atoms with Crippen LogP contribution in [0.2, 0.25) is 0 Å². The molecule has 0 saturated heterocycles. The molecule has 1 aromatic carbocycles. The Bertz CT molecular complexity index is 578. The lowest BCUT2D eigenvalue weighted by atomic mass is 10.2. The van der Waals surface area contributed by atoms with Crippen LogP contribution in [-0.4, -0.2) is 29.3 Å². The molecule has 0 aliphatic carbocycles. The summed E-state index contributed by atoms with van der Waals surface area (Å²) in [6.07, 6.45) is 0. The van der Waals surface area contributed by atoms with Crippen LogP contribution in [0.25, 0.3) is 11.5 Å². The van der Waals surface area contributed by atoms with Crippen LogP contribution in [0.1, 0.15) is 12.8 Å². The minimum absolute atomic E-state index is 0.156. The van der Waals surface area contributed by atoms with Crippen molar-refractivity contribution in [2.75, 3.05) is 7.11 Å². The van der Waals surface area contributed by atoms with E-state index in [9.17, 15) is 4.79 Å². The minimum atomic E-state index is -0.570. The second-order valence-corrected chi connectivity index (χ2v) is 4.24. The zero-order chi connectivity index (χ0) is 14.5. The molecule has 1 aromatic heterocycles. The van der Waals surface area contributed by atoms with E-state index < -0.39 is 6.04 Å². The van der Waals surface area contributed by atoms with Crippen molar-refractivity contribution in [1.82, 2.24) is 15.5 Å². The van der Waals surface area contributed by atoms with Gasteiger partial charge in [-0.15, -0.1) is 10.2 Å². The molecule has 20 heavy (non-hydrogen) atoms. The third-order valence-electron chi connectivity index (χ3n) is 2.63. The molecule has 0 spiro atoms. The topological polar surface area (TPSA) is 103 Å². The fourth-order valence-electron chi connectivity index (χ4n) is 1.50. The fraction of sp³-hybridized carbons (Fsp3) is 0.308. The second kappa shape index (κ2) is 6.16. The third-order valence-corrected chi connectivity index (χ3v) is 2.63. The Morgan fingerprint density at radius 1 is 1.40 bits per heavy atom. The Morgan fingerprint density at radius 2 is 2.10 bits per heavy atom. The van der Waals surface area contributed by atoms with Crippen LogP contribution >= 0.6 is 0 Å². The average molecular weight is 276 g/mol. The Balaban J connectivity index is 2.02. The van der Waals surface area contributed by atoms with E-state index in [1.807, 2.05) is 12.1 Å². The lowest BCUT2D eigenvalue weighted by Crippen LogP contribution is -2.37. The quantitative estimate of drug-likeness (QED) is 0.833. The van der Waals surface area contributed by atoms with Gasteiger partial charge in [-0.1, -0.05) is 0 Å². The van der Waals surface area contributed by atoms with Gasteiger partial charge in [0.2, 0.25) is 17.7 Å². The molecule has 7 nitrogen and oxygen atoms in total. The van der Waals surface area contributed by atoms with E-state index in [0.717, 1.165) is 11.3 Å². The number of nitrogens with two attached hydrogens (primary N) is 1. The van der Waals surface area contributed by atoms with Gasteiger partial charge in [-0.2, -0.15) is 0 Å². The molecule has 0 aliphatic rings. The number of nitrogens with one attached hydrogen (secondary N) is 1. The van der Waals surface area contributed by atoms with Gasteiger partial charge >= 0.3 is 0 Å². The third kappa shape index (κ3) is 3.33. The van der Waals surface area contributed by atoms with Crippen molar-refractivity contribution >= 4 is 5.91 Å². The van der Waals surface area contributed by atoms with Gasteiger partial charge in [0.25, 0.3) is 0 Å². The highest BCUT2D eigenvalue weighted by Gasteiger charge is 2.11. The summed E-state index contributed by atoms with van der Waals surface area (Å²) >= 11 is 0. The van der Waals surface area contributed by atoms with E-state index in [1.165, 1.54) is 0 Å². The highest BCUT2D eigenvalue weighted by Crippen LogP contribution is 2.20. The monoisotopic (exact) mass is 276 g/mol. The van der Waals surface area contributed by atoms with Crippen LogP contribution in [0.15, 0.2) is 28.7 Å². The minimum Gasteiger partial charge on any atom is -0.497 e. The van der Waals surface area contributed by atoms with Crippen LogP contribution in [-0.2, 0) is 11.3 Å². The maximum Gasteiger partial charge on any atom is 0.247 e. The van der Waals surface area contributed by atoms with Crippen LogP contribution in [0.5, 0.6) is 5.75 Å². The summed E-state index contributed by atoms with van der Waals surface area (Å²) in [6.45, 7) is 1.76. The lowest BCUT2D eigenvalue weighted by molar-refractivity contribution is -0.122. The molecular formula is C13H16N4O3. The molecule has 0 radical (unpaired) electrons. The molecule has 0 aliphatic heterocycles. The second-order valence-electron chi connectivity index (χ2n) is 4.24. The molecule has 2 aromatic rings. The largest absolute Gasteiger partial charge is 0.497 e. The molecule has 0 bridgehead atoms. The van der Waals surface area contributed by atoms with Gasteiger partial charge in [0.05, 0.1) is 19.7 Å². The predicted octanol–water partition coefficient (Wildman–Crippen LogP) is 0.709. The van der Waals surface area contributed by atoms with Crippen molar-refractivity contribution in [3.05, 3.63) is 30.2 Å². The summed E-state index contributed by atoms with van der Waals surface area (Å²) in [7, 11) is 1.60. The number of amides is 1. The molecule has 106 valence electrons. The average Bonchev–Trinajstić information content (AvgIpc) is 2.93. The van der Waals surface area contributed by atoms with Gasteiger partial charge in [0.15, 0.2) is 0 Å². The Hall–Kier alpha value is -2.41. The summed E-state index contributed by atoms with van der Waals surface area (Å²) in [5, 5.41) is 10.4. The highest BCUT2D eigenvalue weighted by molar-refractivity contribution is 5.80. The van der Waals surface area contributed by atoms with Crippen LogP contribution < -0.4 is 15.8 Å². The van der Waals surface area contributed by atoms with Gasteiger partial charge < -0.3 is 20.2 Å². The van der Waals surface area contributed by atoms with Crippen molar-refractivity contribution < 1.29 is 13.9 Å². The van der Waals surface area contributed by atoms with Crippen LogP contribution in [0, 0.1) is 0 Å². The first-order valence-corrected chi connectivity index (χ1v) is 6.10. The van der Waals surface area contributed by atoms with E-state index in [2.05, 4.69) is 15.5 Å². The lowest BCUT2D eigenvalue weighted by Gasteiger charge is -2.04. The fourth-order valence-corrected chi connectivity index (χ4v) is 1.50. The first-order chi connectivity index (χ1) is 9.60. The first-order valence-electron chi connectivity index (χ1n) is 6.10. The molecule has 3 N–H and O–H groups in total. The normalized spacial score (nSPS) is 11.9. The summed E-state index contributed by atoms with van der Waals surface area (Å²) < 4.78 is 10.5. The maximum atomic E-state index is 11.3. The highest BCUT2D eigenvalue weighted by atomic mass is 16.5. The number of carbonyl (C=O) groups excluding carboxylic acids is 1. The molecule has 0 unspecified atom stereocenters. The number of hydrogen-bond donors (Lipinski definition) is 2. The SMILES string of the molecule is COc1ccc(-c2nnc(CNC(=O)[C@@H](C)N)o2)cc1. The maximum absolute atomic E-state index is 11.3. The summed E-state index contributed by atoms with van der Waals surface area (Å²) in [4.78, 5) is 11.3. The molecule has 2 rings (SSSR count). The zero-order valence-corrected chi connectivity index (χ0v) is 11.3. The van der Waals surface area contributed by atoms with Crippen LogP contribution in [0.3, 0.4) is 0 Å². The van der Waals surface area contributed by atoms with E-state index in [4.69, 9.17) is 14.9 Å². The van der Waals surface area contributed by atoms with E-state index in [1.54, 1.807) is 26.2 Å². The molecule has 0 fully saturated rings. The van der Waals surface area contributed by atoms with Crippen molar-refractivity contribution in [1.29, 1.82) is 0 Å². The molecule has 1 amide bonds. The van der Waals surface area contributed by atoms with Crippen molar-refractivity contribution in [2.45, 2.75) is 19.5 Å². The van der Waals surface area contributed by atoms with Crippen molar-refractivity contribution in [3.8, 4) is 17.2 Å². The summed E-state index contributed by atoms with van der Waals surface area (Å²) in [6, 6.07) is 6.67. The zero-order valence-electron chi connectivity index (χ0n) is 11.3. The number of methoxy groups -OCH3 is 1. The number of hydrogen-bond acceptors (Lipinski definition) is 6. The first kappa shape index (κ1) is 14.0. The Kier molecular flexibility index (Phi) is 4.31. The smallest absolute Gasteiger partial charge is 0.247 e. The predicted molar refractivity (Wildman–Crippen MR) is 71.8 cm³/mol. The number of ether oxygens (including phenoxy) is 1. The molecular weight excluding hydrogens is 260 g/mol. The molecule has 7 heteroatoms. The van der Waals surface area contributed by atoms with Crippen molar-refractivity contribution in [3.63, 3.8) is 0 Å². The number of carbonyl (C=O) groups is 1. The molecule has 1 heterocycles. The Labute approximate surface area is 116 Å². The van der Waals surface area contributed by atoms with Gasteiger partial charge in [-0.3, -0.25) is 4.79 Å². The number of benzene rings is 1. The Morgan fingerprint density at radius 3 is 2.70 bits per heavy atom. The van der Waals surface area contributed by atoms with E-state index in [-0.39, 0.29) is 12.5 Å². The summed E-state index contributed by atoms with van der Waals surface area (Å²) in [5.74, 6) is 1.19. The van der Waals surface area contributed by atoms with Gasteiger partial charge in [-0.25, -0.2) is 0 Å². The van der Waals surface area contributed by atoms with Gasteiger partial charge in [0.1, 0.15) is 5.75 Å². The van der Waals surface area contributed by atoms with Gasteiger partial charge in [-0.05, 0) is 31.2 Å². The van der Waals surface area contributed by atoms with Crippen LogP contribution in [0.4, 0.5) is 0 Å². The number of aromatic nitrogens is 2. The van der Waals surface area contributed by atoms with E-state index >= 15 is 0 Å². The molecule has 1 atom stereocenters. The number of nitrogens with zero attached hydrogens (tertiary/aromatic N) is 2. The van der Waals surface area contributed by atoms with Gasteiger partial charge in [0, 0.05) is 5.56 Å². The number of rotatable bonds is 5.